The summed E-state index contributed by atoms with van der Waals surface area (Å²) in [4.78, 5) is 3.82. The maximum Gasteiger partial charge on any atom is 0.0223 e. The van der Waals surface area contributed by atoms with Gasteiger partial charge < -0.3 is 10.3 Å². The summed E-state index contributed by atoms with van der Waals surface area (Å²) in [6.07, 6.45) is 8.87. The van der Waals surface area contributed by atoms with Gasteiger partial charge in [-0.3, -0.25) is 0 Å². The third-order valence-corrected chi connectivity index (χ3v) is 6.47. The molecule has 4 fully saturated rings. The van der Waals surface area contributed by atoms with E-state index in [-0.39, 0.29) is 0 Å². The zero-order chi connectivity index (χ0) is 12.4. The molecule has 102 valence electrons. The predicted molar refractivity (Wildman–Crippen MR) is 76.0 cm³/mol. The van der Waals surface area contributed by atoms with Crippen molar-refractivity contribution in [2.75, 3.05) is 6.54 Å². The molecule has 1 aromatic heterocycles. The molecular formula is C17H24N2. The van der Waals surface area contributed by atoms with Crippen molar-refractivity contribution >= 4 is 0 Å². The van der Waals surface area contributed by atoms with Gasteiger partial charge in [0.05, 0.1) is 0 Å². The monoisotopic (exact) mass is 256 g/mol. The van der Waals surface area contributed by atoms with Crippen LogP contribution in [0.25, 0.3) is 0 Å². The molecule has 0 radical (unpaired) electrons. The molecule has 0 aromatic carbocycles. The lowest BCUT2D eigenvalue weighted by Gasteiger charge is -2.54. The molecule has 19 heavy (non-hydrogen) atoms. The summed E-state index contributed by atoms with van der Waals surface area (Å²) in [6.45, 7) is 2.23. The average molecular weight is 256 g/mol. The number of rotatable bonds is 1. The molecule has 2 N–H and O–H groups in total. The SMILES string of the molecule is c1c(C2C3CC4CC(C3)CC2C4)[nH]c2c1CNCC2. The number of fused-ring (bicyclic) bond motifs is 1. The van der Waals surface area contributed by atoms with Crippen LogP contribution in [0.15, 0.2) is 6.07 Å². The minimum Gasteiger partial charge on any atom is -0.362 e. The van der Waals surface area contributed by atoms with Crippen molar-refractivity contribution < 1.29 is 0 Å². The second-order valence-electron chi connectivity index (χ2n) is 7.61. The Bertz CT molecular complexity index is 450. The van der Waals surface area contributed by atoms with Crippen molar-refractivity contribution in [1.29, 1.82) is 0 Å². The van der Waals surface area contributed by atoms with Gasteiger partial charge in [-0.05, 0) is 67.4 Å². The Morgan fingerprint density at radius 1 is 0.947 bits per heavy atom. The summed E-state index contributed by atoms with van der Waals surface area (Å²) in [7, 11) is 0. The number of aromatic amines is 1. The Morgan fingerprint density at radius 2 is 1.68 bits per heavy atom. The number of aromatic nitrogens is 1. The van der Waals surface area contributed by atoms with Crippen molar-refractivity contribution in [3.05, 3.63) is 23.0 Å². The van der Waals surface area contributed by atoms with Crippen molar-refractivity contribution in [2.45, 2.75) is 51.0 Å². The van der Waals surface area contributed by atoms with Crippen molar-refractivity contribution in [2.24, 2.45) is 23.7 Å². The van der Waals surface area contributed by atoms with E-state index in [2.05, 4.69) is 16.4 Å². The highest BCUT2D eigenvalue weighted by Crippen LogP contribution is 2.59. The van der Waals surface area contributed by atoms with Crippen LogP contribution in [0.1, 0.15) is 55.0 Å². The summed E-state index contributed by atoms with van der Waals surface area (Å²) < 4.78 is 0. The second kappa shape index (κ2) is 3.88. The van der Waals surface area contributed by atoms with Gasteiger partial charge >= 0.3 is 0 Å². The molecule has 2 heteroatoms. The highest BCUT2D eigenvalue weighted by molar-refractivity contribution is 5.31. The Kier molecular flexibility index (Phi) is 2.24. The van der Waals surface area contributed by atoms with E-state index in [9.17, 15) is 0 Å². The molecule has 0 spiro atoms. The van der Waals surface area contributed by atoms with Gasteiger partial charge in [0.1, 0.15) is 0 Å². The first-order valence-electron chi connectivity index (χ1n) is 8.28. The van der Waals surface area contributed by atoms with Gasteiger partial charge in [0.25, 0.3) is 0 Å². The number of hydrogen-bond donors (Lipinski definition) is 2. The fourth-order valence-corrected chi connectivity index (χ4v) is 6.00. The molecule has 0 unspecified atom stereocenters. The molecule has 4 bridgehead atoms. The predicted octanol–water partition coefficient (Wildman–Crippen LogP) is 3.20. The van der Waals surface area contributed by atoms with Crippen LogP contribution in [0.5, 0.6) is 0 Å². The smallest absolute Gasteiger partial charge is 0.0223 e. The van der Waals surface area contributed by atoms with E-state index in [0.29, 0.717) is 0 Å². The third kappa shape index (κ3) is 1.59. The van der Waals surface area contributed by atoms with Crippen LogP contribution < -0.4 is 5.32 Å². The van der Waals surface area contributed by atoms with Crippen LogP contribution in [0.2, 0.25) is 0 Å². The molecular weight excluding hydrogens is 232 g/mol. The lowest BCUT2D eigenvalue weighted by atomic mass is 9.51. The van der Waals surface area contributed by atoms with Gasteiger partial charge in [0.2, 0.25) is 0 Å². The summed E-state index contributed by atoms with van der Waals surface area (Å²) >= 11 is 0. The van der Waals surface area contributed by atoms with Crippen molar-refractivity contribution in [3.63, 3.8) is 0 Å². The standard InChI is InChI=1S/C17H24N2/c1-2-18-9-14-8-16(19-15(1)14)17-12-4-10-3-11(6-12)7-13(17)5-10/h8,10-13,17-19H,1-7,9H2. The first-order chi connectivity index (χ1) is 9.37. The lowest BCUT2D eigenvalue weighted by Crippen LogP contribution is -2.43. The van der Waals surface area contributed by atoms with E-state index >= 15 is 0 Å². The van der Waals surface area contributed by atoms with E-state index in [1.54, 1.807) is 17.7 Å². The van der Waals surface area contributed by atoms with Gasteiger partial charge in [0.15, 0.2) is 0 Å². The van der Waals surface area contributed by atoms with E-state index in [1.807, 2.05) is 0 Å². The maximum absolute atomic E-state index is 3.82. The zero-order valence-electron chi connectivity index (χ0n) is 11.6. The molecule has 5 aliphatic rings. The van der Waals surface area contributed by atoms with E-state index in [4.69, 9.17) is 0 Å². The molecule has 6 rings (SSSR count). The third-order valence-electron chi connectivity index (χ3n) is 6.47. The molecule has 0 atom stereocenters. The Labute approximate surface area is 115 Å². The molecule has 1 aromatic rings. The number of H-pyrrole nitrogens is 1. The first-order valence-corrected chi connectivity index (χ1v) is 8.28. The first kappa shape index (κ1) is 11.0. The molecule has 0 amide bonds. The van der Waals surface area contributed by atoms with Crippen molar-refractivity contribution in [3.8, 4) is 0 Å². The normalized spacial score (nSPS) is 43.5. The molecule has 4 aliphatic carbocycles. The summed E-state index contributed by atoms with van der Waals surface area (Å²) in [6, 6.07) is 2.51. The van der Waals surface area contributed by atoms with E-state index in [1.165, 1.54) is 37.8 Å². The summed E-state index contributed by atoms with van der Waals surface area (Å²) in [5, 5.41) is 3.50. The lowest BCUT2D eigenvalue weighted by molar-refractivity contribution is -0.00402. The number of nitrogens with one attached hydrogen (secondary N) is 2. The largest absolute Gasteiger partial charge is 0.362 e. The number of hydrogen-bond acceptors (Lipinski definition) is 1. The highest BCUT2D eigenvalue weighted by atomic mass is 14.9. The molecule has 2 heterocycles. The topological polar surface area (TPSA) is 27.8 Å². The fourth-order valence-electron chi connectivity index (χ4n) is 6.00. The van der Waals surface area contributed by atoms with Crippen LogP contribution >= 0.6 is 0 Å². The average Bonchev–Trinajstić information content (AvgIpc) is 2.80. The quantitative estimate of drug-likeness (QED) is 0.793. The highest BCUT2D eigenvalue weighted by Gasteiger charge is 2.49. The van der Waals surface area contributed by atoms with Crippen LogP contribution in [0.3, 0.4) is 0 Å². The van der Waals surface area contributed by atoms with Gasteiger partial charge in [0, 0.05) is 36.8 Å². The van der Waals surface area contributed by atoms with Crippen LogP contribution in [-0.2, 0) is 13.0 Å². The Hall–Kier alpha value is -0.760. The Morgan fingerprint density at radius 3 is 2.37 bits per heavy atom. The van der Waals surface area contributed by atoms with Crippen LogP contribution in [-0.4, -0.2) is 11.5 Å². The summed E-state index contributed by atoms with van der Waals surface area (Å²) in [5.74, 6) is 5.06. The van der Waals surface area contributed by atoms with Gasteiger partial charge in [-0.25, -0.2) is 0 Å². The van der Waals surface area contributed by atoms with E-state index < -0.39 is 0 Å². The fraction of sp³-hybridized carbons (Fsp3) is 0.765. The molecule has 2 nitrogen and oxygen atoms in total. The van der Waals surface area contributed by atoms with E-state index in [0.717, 1.165) is 42.7 Å². The minimum absolute atomic E-state index is 0.874. The molecule has 1 aliphatic heterocycles. The zero-order valence-corrected chi connectivity index (χ0v) is 11.6. The van der Waals surface area contributed by atoms with Crippen LogP contribution in [0.4, 0.5) is 0 Å². The van der Waals surface area contributed by atoms with Gasteiger partial charge in [-0.2, -0.15) is 0 Å². The minimum atomic E-state index is 0.874. The second-order valence-corrected chi connectivity index (χ2v) is 7.61. The molecule has 0 saturated heterocycles. The molecule has 4 saturated carbocycles. The van der Waals surface area contributed by atoms with Gasteiger partial charge in [-0.1, -0.05) is 0 Å². The van der Waals surface area contributed by atoms with Crippen molar-refractivity contribution in [1.82, 2.24) is 10.3 Å². The maximum atomic E-state index is 3.82. The van der Waals surface area contributed by atoms with Crippen LogP contribution in [0, 0.1) is 23.7 Å². The van der Waals surface area contributed by atoms with Gasteiger partial charge in [-0.15, -0.1) is 0 Å². The summed E-state index contributed by atoms with van der Waals surface area (Å²) in [5.41, 5.74) is 4.68. The Balaban J connectivity index is 1.50.